The van der Waals surface area contributed by atoms with Crippen LogP contribution in [0.3, 0.4) is 0 Å². The molecule has 2 aliphatic rings. The van der Waals surface area contributed by atoms with Gasteiger partial charge in [0.25, 0.3) is 0 Å². The molecule has 0 heterocycles. The van der Waals surface area contributed by atoms with Crippen LogP contribution in [0.5, 0.6) is 0 Å². The zero-order valence-electron chi connectivity index (χ0n) is 8.55. The van der Waals surface area contributed by atoms with Gasteiger partial charge in [-0.15, -0.1) is 0 Å². The summed E-state index contributed by atoms with van der Waals surface area (Å²) in [6.07, 6.45) is 9.08. The fourth-order valence-electron chi connectivity index (χ4n) is 3.87. The fraction of sp³-hybridized carbons (Fsp3) is 1.00. The summed E-state index contributed by atoms with van der Waals surface area (Å²) in [6.45, 7) is 4.77. The van der Waals surface area contributed by atoms with Gasteiger partial charge in [0.15, 0.2) is 0 Å². The Bertz CT molecular complexity index is 134. The van der Waals surface area contributed by atoms with Crippen molar-refractivity contribution in [3.8, 4) is 0 Å². The Labute approximate surface area is 76.7 Å². The molecule has 2 fully saturated rings. The number of hydrogen-bond acceptors (Lipinski definition) is 0. The molecule has 70 valence electrons. The standard InChI is InChI=1S/C12H22/c1-3-9-8-10(4-2)12-7-5-6-11(9)12/h9-12H,3-8H2,1-2H3. The summed E-state index contributed by atoms with van der Waals surface area (Å²) in [7, 11) is 0. The van der Waals surface area contributed by atoms with Gasteiger partial charge in [0.2, 0.25) is 0 Å². The molecule has 0 heteroatoms. The minimum atomic E-state index is 1.10. The number of fused-ring (bicyclic) bond motifs is 1. The van der Waals surface area contributed by atoms with E-state index in [0.717, 1.165) is 23.7 Å². The average Bonchev–Trinajstić information content (AvgIpc) is 2.63. The molecule has 0 aromatic heterocycles. The zero-order valence-corrected chi connectivity index (χ0v) is 8.55. The summed E-state index contributed by atoms with van der Waals surface area (Å²) in [6, 6.07) is 0. The van der Waals surface area contributed by atoms with Crippen molar-refractivity contribution in [2.75, 3.05) is 0 Å². The molecule has 0 radical (unpaired) electrons. The Morgan fingerprint density at radius 3 is 1.83 bits per heavy atom. The highest BCUT2D eigenvalue weighted by atomic mass is 14.5. The second-order valence-electron chi connectivity index (χ2n) is 4.83. The van der Waals surface area contributed by atoms with Gasteiger partial charge in [-0.2, -0.15) is 0 Å². The Hall–Kier alpha value is 0. The molecule has 4 unspecified atom stereocenters. The van der Waals surface area contributed by atoms with Crippen LogP contribution in [0.4, 0.5) is 0 Å². The molecule has 12 heavy (non-hydrogen) atoms. The molecule has 0 amide bonds. The first-order valence-corrected chi connectivity index (χ1v) is 5.86. The van der Waals surface area contributed by atoms with Crippen molar-refractivity contribution in [1.82, 2.24) is 0 Å². The van der Waals surface area contributed by atoms with Gasteiger partial charge in [-0.1, -0.05) is 33.1 Å². The molecule has 0 aliphatic heterocycles. The largest absolute Gasteiger partial charge is 0.0651 e. The SMILES string of the molecule is CCC1CC(CC)C2CCCC12. The van der Waals surface area contributed by atoms with Gasteiger partial charge in [0.1, 0.15) is 0 Å². The maximum atomic E-state index is 2.39. The van der Waals surface area contributed by atoms with Crippen molar-refractivity contribution < 1.29 is 0 Å². The van der Waals surface area contributed by atoms with E-state index < -0.39 is 0 Å². The van der Waals surface area contributed by atoms with E-state index in [0.29, 0.717) is 0 Å². The monoisotopic (exact) mass is 166 g/mol. The van der Waals surface area contributed by atoms with Crippen LogP contribution in [0.25, 0.3) is 0 Å². The zero-order chi connectivity index (χ0) is 8.55. The fourth-order valence-corrected chi connectivity index (χ4v) is 3.87. The van der Waals surface area contributed by atoms with E-state index >= 15 is 0 Å². The molecule has 0 aromatic rings. The van der Waals surface area contributed by atoms with Gasteiger partial charge in [0, 0.05) is 0 Å². The summed E-state index contributed by atoms with van der Waals surface area (Å²) in [4.78, 5) is 0. The lowest BCUT2D eigenvalue weighted by Crippen LogP contribution is -2.10. The van der Waals surface area contributed by atoms with Gasteiger partial charge in [-0.3, -0.25) is 0 Å². The van der Waals surface area contributed by atoms with Gasteiger partial charge in [-0.25, -0.2) is 0 Å². The van der Waals surface area contributed by atoms with Crippen molar-refractivity contribution in [2.45, 2.75) is 52.4 Å². The third-order valence-electron chi connectivity index (χ3n) is 4.49. The van der Waals surface area contributed by atoms with Crippen molar-refractivity contribution in [1.29, 1.82) is 0 Å². The van der Waals surface area contributed by atoms with Gasteiger partial charge >= 0.3 is 0 Å². The molecule has 4 atom stereocenters. The first kappa shape index (κ1) is 8.59. The predicted octanol–water partition coefficient (Wildman–Crippen LogP) is 3.86. The predicted molar refractivity (Wildman–Crippen MR) is 53.0 cm³/mol. The van der Waals surface area contributed by atoms with Gasteiger partial charge in [0.05, 0.1) is 0 Å². The van der Waals surface area contributed by atoms with E-state index in [1.807, 2.05) is 0 Å². The van der Waals surface area contributed by atoms with E-state index in [4.69, 9.17) is 0 Å². The lowest BCUT2D eigenvalue weighted by Gasteiger charge is -2.17. The van der Waals surface area contributed by atoms with Crippen LogP contribution in [0.1, 0.15) is 52.4 Å². The van der Waals surface area contributed by atoms with Crippen LogP contribution < -0.4 is 0 Å². The van der Waals surface area contributed by atoms with E-state index in [-0.39, 0.29) is 0 Å². The van der Waals surface area contributed by atoms with Crippen molar-refractivity contribution in [3.05, 3.63) is 0 Å². The maximum absolute atomic E-state index is 2.39. The smallest absolute Gasteiger partial charge is 0.0355 e. The normalized spacial score (nSPS) is 46.5. The molecule has 0 aromatic carbocycles. The van der Waals surface area contributed by atoms with Crippen LogP contribution in [-0.4, -0.2) is 0 Å². The molecule has 0 saturated heterocycles. The molecular weight excluding hydrogens is 144 g/mol. The minimum Gasteiger partial charge on any atom is -0.0651 e. The summed E-state index contributed by atoms with van der Waals surface area (Å²) in [5, 5.41) is 0. The van der Waals surface area contributed by atoms with Gasteiger partial charge < -0.3 is 0 Å². The minimum absolute atomic E-state index is 1.10. The molecule has 2 saturated carbocycles. The molecule has 2 aliphatic carbocycles. The lowest BCUT2D eigenvalue weighted by atomic mass is 9.89. The second-order valence-corrected chi connectivity index (χ2v) is 4.83. The lowest BCUT2D eigenvalue weighted by molar-refractivity contribution is 0.323. The molecule has 0 nitrogen and oxygen atoms in total. The Kier molecular flexibility index (Phi) is 2.43. The van der Waals surface area contributed by atoms with Crippen LogP contribution >= 0.6 is 0 Å². The van der Waals surface area contributed by atoms with E-state index in [1.165, 1.54) is 19.3 Å². The van der Waals surface area contributed by atoms with Crippen molar-refractivity contribution in [2.24, 2.45) is 23.7 Å². The summed E-state index contributed by atoms with van der Waals surface area (Å²) < 4.78 is 0. The topological polar surface area (TPSA) is 0 Å². The van der Waals surface area contributed by atoms with Crippen molar-refractivity contribution in [3.63, 3.8) is 0 Å². The highest BCUT2D eigenvalue weighted by Gasteiger charge is 2.43. The van der Waals surface area contributed by atoms with E-state index in [9.17, 15) is 0 Å². The molecular formula is C12H22. The Morgan fingerprint density at radius 1 is 0.917 bits per heavy atom. The third-order valence-corrected chi connectivity index (χ3v) is 4.49. The first-order valence-electron chi connectivity index (χ1n) is 5.86. The van der Waals surface area contributed by atoms with E-state index in [2.05, 4.69) is 13.8 Å². The van der Waals surface area contributed by atoms with Crippen LogP contribution in [0, 0.1) is 23.7 Å². The maximum Gasteiger partial charge on any atom is -0.0355 e. The van der Waals surface area contributed by atoms with Crippen LogP contribution in [-0.2, 0) is 0 Å². The molecule has 0 bridgehead atoms. The van der Waals surface area contributed by atoms with Crippen LogP contribution in [0.15, 0.2) is 0 Å². The first-order chi connectivity index (χ1) is 5.86. The summed E-state index contributed by atoms with van der Waals surface area (Å²) >= 11 is 0. The molecule has 2 rings (SSSR count). The third kappa shape index (κ3) is 1.20. The number of rotatable bonds is 2. The highest BCUT2D eigenvalue weighted by Crippen LogP contribution is 2.52. The Balaban J connectivity index is 2.05. The number of hydrogen-bond donors (Lipinski definition) is 0. The highest BCUT2D eigenvalue weighted by molar-refractivity contribution is 4.93. The second kappa shape index (κ2) is 3.40. The quantitative estimate of drug-likeness (QED) is 0.584. The van der Waals surface area contributed by atoms with E-state index in [1.54, 1.807) is 19.3 Å². The van der Waals surface area contributed by atoms with Crippen LogP contribution in [0.2, 0.25) is 0 Å². The Morgan fingerprint density at radius 2 is 1.42 bits per heavy atom. The van der Waals surface area contributed by atoms with Gasteiger partial charge in [-0.05, 0) is 42.9 Å². The summed E-state index contributed by atoms with van der Waals surface area (Å²) in [5.74, 6) is 4.48. The molecule has 0 N–H and O–H groups in total. The van der Waals surface area contributed by atoms with Crippen molar-refractivity contribution >= 4 is 0 Å². The summed E-state index contributed by atoms with van der Waals surface area (Å²) in [5.41, 5.74) is 0. The molecule has 0 spiro atoms. The average molecular weight is 166 g/mol.